The summed E-state index contributed by atoms with van der Waals surface area (Å²) >= 11 is 1.62. The Hall–Kier alpha value is -3.76. The topological polar surface area (TPSA) is 73.0 Å². The molecule has 0 fully saturated rings. The molecule has 6 nitrogen and oxygen atoms in total. The van der Waals surface area contributed by atoms with E-state index in [9.17, 15) is 0 Å². The lowest BCUT2D eigenvalue weighted by Gasteiger charge is -2.11. The summed E-state index contributed by atoms with van der Waals surface area (Å²) in [4.78, 5) is 0. The SMILES string of the molecule is N#Cc1ccc(CSc2nnc(-c3ccccc3)n2Cc2ccc3c(c2)OCO3)cc1. The van der Waals surface area contributed by atoms with Crippen LogP contribution in [0.5, 0.6) is 11.5 Å². The number of nitrogens with zero attached hydrogens (tertiary/aromatic N) is 4. The predicted octanol–water partition coefficient (Wildman–Crippen LogP) is 4.89. The Kier molecular flexibility index (Phi) is 5.29. The normalized spacial score (nSPS) is 12.0. The van der Waals surface area contributed by atoms with Crippen molar-refractivity contribution < 1.29 is 9.47 Å². The van der Waals surface area contributed by atoms with E-state index in [1.807, 2.05) is 72.8 Å². The molecule has 0 aliphatic carbocycles. The summed E-state index contributed by atoms with van der Waals surface area (Å²) in [6.07, 6.45) is 0. The number of nitriles is 1. The molecule has 0 radical (unpaired) electrons. The molecule has 7 heteroatoms. The highest BCUT2D eigenvalue weighted by Crippen LogP contribution is 2.34. The van der Waals surface area contributed by atoms with Crippen molar-refractivity contribution in [3.8, 4) is 29.0 Å². The zero-order valence-electron chi connectivity index (χ0n) is 16.6. The second-order valence-electron chi connectivity index (χ2n) is 7.04. The summed E-state index contributed by atoms with van der Waals surface area (Å²) in [5, 5.41) is 18.8. The first-order valence-corrected chi connectivity index (χ1v) is 10.8. The lowest BCUT2D eigenvalue weighted by molar-refractivity contribution is 0.174. The van der Waals surface area contributed by atoms with E-state index in [1.165, 1.54) is 0 Å². The standard InChI is InChI=1S/C24H18N4O2S/c25-13-17-6-8-18(9-7-17)15-31-24-27-26-23(20-4-2-1-3-5-20)28(24)14-19-10-11-21-22(12-19)30-16-29-21/h1-12H,14-16H2. The number of thioether (sulfide) groups is 1. The van der Waals surface area contributed by atoms with E-state index >= 15 is 0 Å². The lowest BCUT2D eigenvalue weighted by atomic mass is 10.2. The van der Waals surface area contributed by atoms with Crippen molar-refractivity contribution in [2.24, 2.45) is 0 Å². The second-order valence-corrected chi connectivity index (χ2v) is 7.99. The molecule has 0 unspecified atom stereocenters. The molecule has 31 heavy (non-hydrogen) atoms. The maximum absolute atomic E-state index is 8.99. The van der Waals surface area contributed by atoms with Crippen LogP contribution in [0, 0.1) is 11.3 Å². The van der Waals surface area contributed by atoms with Crippen LogP contribution < -0.4 is 9.47 Å². The highest BCUT2D eigenvalue weighted by molar-refractivity contribution is 7.98. The Balaban J connectivity index is 1.44. The summed E-state index contributed by atoms with van der Waals surface area (Å²) < 4.78 is 13.1. The Morgan fingerprint density at radius 1 is 0.903 bits per heavy atom. The van der Waals surface area contributed by atoms with Gasteiger partial charge in [-0.3, -0.25) is 4.57 Å². The maximum atomic E-state index is 8.99. The van der Waals surface area contributed by atoms with Crippen molar-refractivity contribution >= 4 is 11.8 Å². The zero-order chi connectivity index (χ0) is 21.0. The monoisotopic (exact) mass is 426 g/mol. The van der Waals surface area contributed by atoms with Gasteiger partial charge in [0.25, 0.3) is 0 Å². The Bertz CT molecular complexity index is 1250. The summed E-state index contributed by atoms with van der Waals surface area (Å²) in [5.41, 5.74) is 3.89. The van der Waals surface area contributed by atoms with Crippen LogP contribution in [0.15, 0.2) is 78.0 Å². The molecule has 0 amide bonds. The fourth-order valence-electron chi connectivity index (χ4n) is 3.38. The van der Waals surface area contributed by atoms with E-state index in [0.29, 0.717) is 12.1 Å². The van der Waals surface area contributed by atoms with Crippen LogP contribution in [-0.4, -0.2) is 21.6 Å². The summed E-state index contributed by atoms with van der Waals surface area (Å²) in [6.45, 7) is 0.871. The molecule has 0 N–H and O–H groups in total. The first-order chi connectivity index (χ1) is 15.3. The van der Waals surface area contributed by atoms with Crippen molar-refractivity contribution in [2.45, 2.75) is 17.5 Å². The first kappa shape index (κ1) is 19.2. The minimum atomic E-state index is 0.256. The van der Waals surface area contributed by atoms with Gasteiger partial charge >= 0.3 is 0 Å². The van der Waals surface area contributed by atoms with E-state index in [4.69, 9.17) is 14.7 Å². The molecule has 3 aromatic carbocycles. The highest BCUT2D eigenvalue weighted by Gasteiger charge is 2.18. The summed E-state index contributed by atoms with van der Waals surface area (Å²) in [7, 11) is 0. The molecule has 0 saturated carbocycles. The fourth-order valence-corrected chi connectivity index (χ4v) is 4.28. The van der Waals surface area contributed by atoms with Gasteiger partial charge in [0.2, 0.25) is 6.79 Å². The Labute approximate surface area is 184 Å². The van der Waals surface area contributed by atoms with Gasteiger partial charge < -0.3 is 9.47 Å². The van der Waals surface area contributed by atoms with Gasteiger partial charge in [-0.15, -0.1) is 10.2 Å². The van der Waals surface area contributed by atoms with Gasteiger partial charge in [0.1, 0.15) is 0 Å². The molecule has 5 rings (SSSR count). The molecular weight excluding hydrogens is 408 g/mol. The molecule has 1 aromatic heterocycles. The van der Waals surface area contributed by atoms with Crippen LogP contribution in [0.2, 0.25) is 0 Å². The number of fused-ring (bicyclic) bond motifs is 1. The molecule has 152 valence electrons. The third-order valence-corrected chi connectivity index (χ3v) is 6.02. The quantitative estimate of drug-likeness (QED) is 0.409. The van der Waals surface area contributed by atoms with Crippen LogP contribution >= 0.6 is 11.8 Å². The van der Waals surface area contributed by atoms with Gasteiger partial charge in [0.15, 0.2) is 22.5 Å². The van der Waals surface area contributed by atoms with Gasteiger partial charge in [-0.25, -0.2) is 0 Å². The zero-order valence-corrected chi connectivity index (χ0v) is 17.4. The minimum absolute atomic E-state index is 0.256. The Morgan fingerprint density at radius 2 is 1.68 bits per heavy atom. The lowest BCUT2D eigenvalue weighted by Crippen LogP contribution is -2.04. The van der Waals surface area contributed by atoms with Gasteiger partial charge in [0.05, 0.1) is 18.2 Å². The highest BCUT2D eigenvalue weighted by atomic mass is 32.2. The fraction of sp³-hybridized carbons (Fsp3) is 0.125. The number of hydrogen-bond acceptors (Lipinski definition) is 6. The van der Waals surface area contributed by atoms with Crippen LogP contribution in [0.3, 0.4) is 0 Å². The van der Waals surface area contributed by atoms with Gasteiger partial charge in [-0.1, -0.05) is 60.3 Å². The molecule has 0 atom stereocenters. The molecule has 0 spiro atoms. The van der Waals surface area contributed by atoms with E-state index in [1.54, 1.807) is 11.8 Å². The van der Waals surface area contributed by atoms with E-state index in [2.05, 4.69) is 20.8 Å². The largest absolute Gasteiger partial charge is 0.454 e. The number of aromatic nitrogens is 3. The van der Waals surface area contributed by atoms with E-state index in [-0.39, 0.29) is 6.79 Å². The number of rotatable bonds is 6. The number of ether oxygens (including phenoxy) is 2. The average Bonchev–Trinajstić information content (AvgIpc) is 3.45. The van der Waals surface area contributed by atoms with Crippen molar-refractivity contribution in [2.75, 3.05) is 6.79 Å². The third kappa shape index (κ3) is 4.11. The van der Waals surface area contributed by atoms with Gasteiger partial charge in [-0.2, -0.15) is 5.26 Å². The maximum Gasteiger partial charge on any atom is 0.231 e. The molecule has 0 saturated heterocycles. The first-order valence-electron chi connectivity index (χ1n) is 9.79. The predicted molar refractivity (Wildman–Crippen MR) is 118 cm³/mol. The number of hydrogen-bond donors (Lipinski definition) is 0. The molecule has 4 aromatic rings. The van der Waals surface area contributed by atoms with Crippen molar-refractivity contribution in [1.82, 2.24) is 14.8 Å². The van der Waals surface area contributed by atoms with Crippen LogP contribution in [0.1, 0.15) is 16.7 Å². The van der Waals surface area contributed by atoms with E-state index in [0.717, 1.165) is 44.9 Å². The molecule has 1 aliphatic heterocycles. The Morgan fingerprint density at radius 3 is 2.48 bits per heavy atom. The molecule has 1 aliphatic rings. The third-order valence-electron chi connectivity index (χ3n) is 4.98. The molecule has 2 heterocycles. The van der Waals surface area contributed by atoms with Crippen molar-refractivity contribution in [1.29, 1.82) is 5.26 Å². The molecule has 0 bridgehead atoms. The van der Waals surface area contributed by atoms with Gasteiger partial charge in [0, 0.05) is 11.3 Å². The van der Waals surface area contributed by atoms with Gasteiger partial charge in [-0.05, 0) is 35.4 Å². The van der Waals surface area contributed by atoms with Crippen molar-refractivity contribution in [3.63, 3.8) is 0 Å². The average molecular weight is 427 g/mol. The summed E-state index contributed by atoms with van der Waals surface area (Å²) in [5.74, 6) is 3.09. The van der Waals surface area contributed by atoms with Crippen LogP contribution in [-0.2, 0) is 12.3 Å². The van der Waals surface area contributed by atoms with Crippen LogP contribution in [0.25, 0.3) is 11.4 Å². The summed E-state index contributed by atoms with van der Waals surface area (Å²) in [6, 6.07) is 25.8. The van der Waals surface area contributed by atoms with Crippen LogP contribution in [0.4, 0.5) is 0 Å². The van der Waals surface area contributed by atoms with E-state index < -0.39 is 0 Å². The number of benzene rings is 3. The smallest absolute Gasteiger partial charge is 0.231 e. The molecular formula is C24H18N4O2S. The minimum Gasteiger partial charge on any atom is -0.454 e. The second kappa shape index (κ2) is 8.54. The van der Waals surface area contributed by atoms with Crippen molar-refractivity contribution in [3.05, 3.63) is 89.5 Å².